The lowest BCUT2D eigenvalue weighted by Crippen LogP contribution is -2.25. The molecule has 0 aliphatic rings. The Morgan fingerprint density at radius 3 is 2.94 bits per heavy atom. The molecule has 0 saturated heterocycles. The van der Waals surface area contributed by atoms with Crippen molar-refractivity contribution < 1.29 is 5.21 Å². The topological polar surface area (TPSA) is 70.6 Å². The van der Waals surface area contributed by atoms with Crippen LogP contribution in [0.2, 0.25) is 0 Å². The third-order valence-electron chi connectivity index (χ3n) is 2.25. The van der Waals surface area contributed by atoms with Gasteiger partial charge >= 0.3 is 0 Å². The van der Waals surface area contributed by atoms with Crippen molar-refractivity contribution in [2.45, 2.75) is 19.5 Å². The molecule has 1 aromatic carbocycles. The van der Waals surface area contributed by atoms with Crippen molar-refractivity contribution in [1.29, 1.82) is 0 Å². The molecule has 4 nitrogen and oxygen atoms in total. The molecule has 16 heavy (non-hydrogen) atoms. The van der Waals surface area contributed by atoms with Crippen molar-refractivity contribution in [1.82, 2.24) is 5.32 Å². The highest BCUT2D eigenvalue weighted by Crippen LogP contribution is 2.08. The minimum Gasteiger partial charge on any atom is -0.409 e. The van der Waals surface area contributed by atoms with Crippen molar-refractivity contribution in [2.75, 3.05) is 0 Å². The summed E-state index contributed by atoms with van der Waals surface area (Å²) >= 11 is 0. The predicted molar refractivity (Wildman–Crippen MR) is 64.1 cm³/mol. The number of amidine groups is 1. The maximum Gasteiger partial charge on any atom is 0.170 e. The van der Waals surface area contributed by atoms with Crippen LogP contribution in [0.5, 0.6) is 0 Å². The van der Waals surface area contributed by atoms with Gasteiger partial charge in [0, 0.05) is 12.1 Å². The maximum atomic E-state index is 8.65. The van der Waals surface area contributed by atoms with E-state index in [-0.39, 0.29) is 11.9 Å². The predicted octanol–water partition coefficient (Wildman–Crippen LogP) is 0.892. The van der Waals surface area contributed by atoms with Crippen molar-refractivity contribution in [3.05, 3.63) is 35.4 Å². The van der Waals surface area contributed by atoms with Crippen LogP contribution in [0.3, 0.4) is 0 Å². The van der Waals surface area contributed by atoms with E-state index in [1.807, 2.05) is 25.1 Å². The van der Waals surface area contributed by atoms with Crippen molar-refractivity contribution in [3.8, 4) is 12.3 Å². The Hall–Kier alpha value is -1.99. The number of nitrogens with one attached hydrogen (secondary N) is 1. The molecular formula is C12H15N3O. The molecule has 1 unspecified atom stereocenters. The molecule has 84 valence electrons. The lowest BCUT2D eigenvalue weighted by molar-refractivity contribution is 0.318. The molecule has 0 amide bonds. The van der Waals surface area contributed by atoms with E-state index in [4.69, 9.17) is 17.4 Å². The minimum atomic E-state index is -0.0136. The Balaban J connectivity index is 2.84. The molecule has 0 fully saturated rings. The fraction of sp³-hybridized carbons (Fsp3) is 0.250. The average Bonchev–Trinajstić information content (AvgIpc) is 2.35. The van der Waals surface area contributed by atoms with Crippen molar-refractivity contribution in [3.63, 3.8) is 0 Å². The number of rotatable bonds is 4. The highest BCUT2D eigenvalue weighted by molar-refractivity contribution is 5.98. The number of hydrogen-bond acceptors (Lipinski definition) is 3. The van der Waals surface area contributed by atoms with Crippen LogP contribution in [0.25, 0.3) is 0 Å². The monoisotopic (exact) mass is 217 g/mol. The van der Waals surface area contributed by atoms with E-state index in [0.29, 0.717) is 12.1 Å². The summed E-state index contributed by atoms with van der Waals surface area (Å²) < 4.78 is 0. The van der Waals surface area contributed by atoms with Crippen molar-refractivity contribution >= 4 is 5.84 Å². The molecule has 4 heteroatoms. The molecular weight excluding hydrogens is 202 g/mol. The molecule has 0 aromatic heterocycles. The molecule has 0 radical (unpaired) electrons. The van der Waals surface area contributed by atoms with Gasteiger partial charge in [-0.15, -0.1) is 6.42 Å². The van der Waals surface area contributed by atoms with Gasteiger partial charge in [-0.3, -0.25) is 5.32 Å². The Morgan fingerprint density at radius 2 is 2.31 bits per heavy atom. The summed E-state index contributed by atoms with van der Waals surface area (Å²) in [6.45, 7) is 2.48. The average molecular weight is 217 g/mol. The minimum absolute atomic E-state index is 0.0136. The highest BCUT2D eigenvalue weighted by atomic mass is 16.4. The quantitative estimate of drug-likeness (QED) is 0.231. The summed E-state index contributed by atoms with van der Waals surface area (Å²) in [5.41, 5.74) is 7.22. The van der Waals surface area contributed by atoms with Gasteiger partial charge in [0.25, 0.3) is 0 Å². The van der Waals surface area contributed by atoms with Gasteiger partial charge < -0.3 is 10.9 Å². The van der Waals surface area contributed by atoms with Gasteiger partial charge in [0.1, 0.15) is 0 Å². The summed E-state index contributed by atoms with van der Waals surface area (Å²) in [4.78, 5) is 0. The number of terminal acetylenes is 1. The second kappa shape index (κ2) is 5.79. The normalized spacial score (nSPS) is 13.1. The summed E-state index contributed by atoms with van der Waals surface area (Å²) in [6.07, 6.45) is 5.26. The van der Waals surface area contributed by atoms with Crippen molar-refractivity contribution in [2.24, 2.45) is 10.9 Å². The first-order valence-electron chi connectivity index (χ1n) is 4.94. The van der Waals surface area contributed by atoms with Gasteiger partial charge in [-0.05, 0) is 12.5 Å². The fourth-order valence-corrected chi connectivity index (χ4v) is 1.30. The Labute approximate surface area is 95.2 Å². The molecule has 0 saturated carbocycles. The summed E-state index contributed by atoms with van der Waals surface area (Å²) in [6, 6.07) is 7.42. The third-order valence-corrected chi connectivity index (χ3v) is 2.25. The number of nitrogens with two attached hydrogens (primary N) is 1. The fourth-order valence-electron chi connectivity index (χ4n) is 1.30. The molecule has 4 N–H and O–H groups in total. The van der Waals surface area contributed by atoms with E-state index in [1.165, 1.54) is 0 Å². The summed E-state index contributed by atoms with van der Waals surface area (Å²) in [5, 5.41) is 14.8. The second-order valence-electron chi connectivity index (χ2n) is 3.41. The van der Waals surface area contributed by atoms with Gasteiger partial charge in [-0.1, -0.05) is 35.3 Å². The highest BCUT2D eigenvalue weighted by Gasteiger charge is 2.06. The number of benzene rings is 1. The maximum absolute atomic E-state index is 8.65. The van der Waals surface area contributed by atoms with Gasteiger partial charge in [-0.2, -0.15) is 0 Å². The van der Waals surface area contributed by atoms with Crippen LogP contribution in [0, 0.1) is 12.3 Å². The van der Waals surface area contributed by atoms with Crippen LogP contribution in [0.1, 0.15) is 18.1 Å². The second-order valence-corrected chi connectivity index (χ2v) is 3.41. The van der Waals surface area contributed by atoms with E-state index < -0.39 is 0 Å². The standard InChI is InChI=1S/C12H15N3O/c1-3-9(2)14-8-10-6-4-5-7-11(10)12(13)15-16/h1,4-7,9,14,16H,8H2,2H3,(H2,13,15). The Bertz CT molecular complexity index is 421. The number of oxime groups is 1. The van der Waals surface area contributed by atoms with Crippen LogP contribution in [0.4, 0.5) is 0 Å². The lowest BCUT2D eigenvalue weighted by Gasteiger charge is -2.11. The SMILES string of the molecule is C#CC(C)NCc1ccccc1/C(N)=N/O. The van der Waals surface area contributed by atoms with E-state index in [1.54, 1.807) is 6.07 Å². The van der Waals surface area contributed by atoms with Crippen LogP contribution in [-0.4, -0.2) is 17.1 Å². The molecule has 0 aliphatic heterocycles. The zero-order chi connectivity index (χ0) is 12.0. The van der Waals surface area contributed by atoms with E-state index in [2.05, 4.69) is 16.4 Å². The Morgan fingerprint density at radius 1 is 1.62 bits per heavy atom. The van der Waals surface area contributed by atoms with Gasteiger partial charge in [0.05, 0.1) is 6.04 Å². The number of nitrogens with zero attached hydrogens (tertiary/aromatic N) is 1. The lowest BCUT2D eigenvalue weighted by atomic mass is 10.1. The van der Waals surface area contributed by atoms with Gasteiger partial charge in [-0.25, -0.2) is 0 Å². The van der Waals surface area contributed by atoms with Gasteiger partial charge in [0.2, 0.25) is 0 Å². The molecule has 0 spiro atoms. The van der Waals surface area contributed by atoms with Crippen LogP contribution in [0.15, 0.2) is 29.4 Å². The molecule has 0 bridgehead atoms. The first-order valence-corrected chi connectivity index (χ1v) is 4.94. The zero-order valence-corrected chi connectivity index (χ0v) is 9.14. The first kappa shape index (κ1) is 12.1. The summed E-state index contributed by atoms with van der Waals surface area (Å²) in [7, 11) is 0. The van der Waals surface area contributed by atoms with E-state index in [0.717, 1.165) is 5.56 Å². The van der Waals surface area contributed by atoms with Crippen LogP contribution >= 0.6 is 0 Å². The Kier molecular flexibility index (Phi) is 4.37. The molecule has 1 atom stereocenters. The molecule has 0 aliphatic carbocycles. The zero-order valence-electron chi connectivity index (χ0n) is 9.14. The summed E-state index contributed by atoms with van der Waals surface area (Å²) in [5.74, 6) is 2.68. The first-order chi connectivity index (χ1) is 7.69. The smallest absolute Gasteiger partial charge is 0.170 e. The molecule has 0 heterocycles. The molecule has 1 rings (SSSR count). The van der Waals surface area contributed by atoms with Gasteiger partial charge in [0.15, 0.2) is 5.84 Å². The largest absolute Gasteiger partial charge is 0.409 e. The number of hydrogen-bond donors (Lipinski definition) is 3. The van der Waals surface area contributed by atoms with Crippen LogP contribution < -0.4 is 11.1 Å². The van der Waals surface area contributed by atoms with E-state index in [9.17, 15) is 0 Å². The van der Waals surface area contributed by atoms with Crippen LogP contribution in [-0.2, 0) is 6.54 Å². The van der Waals surface area contributed by atoms with E-state index >= 15 is 0 Å². The third kappa shape index (κ3) is 3.01. The molecule has 1 aromatic rings.